The molecule has 0 bridgehead atoms. The minimum atomic E-state index is -2.27. The molecule has 0 spiro atoms. The summed E-state index contributed by atoms with van der Waals surface area (Å²) < 4.78 is 0. The maximum atomic E-state index is 11.9. The molecule has 0 heterocycles. The molecule has 1 amide bonds. The molecule has 3 N–H and O–H groups in total. The molecular weight excluding hydrogens is 256 g/mol. The molecule has 19 heavy (non-hydrogen) atoms. The molecule has 0 radical (unpaired) electrons. The van der Waals surface area contributed by atoms with Crippen molar-refractivity contribution in [3.05, 3.63) is 29.8 Å². The Hall–Kier alpha value is -1.17. The molecule has 0 fully saturated rings. The van der Waals surface area contributed by atoms with Crippen LogP contribution in [0.25, 0.3) is 0 Å². The third kappa shape index (κ3) is 5.55. The topological polar surface area (TPSA) is 61.4 Å². The second-order valence-electron chi connectivity index (χ2n) is 5.20. The lowest BCUT2D eigenvalue weighted by molar-refractivity contribution is 0.0953. The predicted molar refractivity (Wildman–Crippen MR) is 81.3 cm³/mol. The van der Waals surface area contributed by atoms with Gasteiger partial charge in [-0.25, -0.2) is 0 Å². The normalized spacial score (nSPS) is 11.4. The van der Waals surface area contributed by atoms with Crippen LogP contribution >= 0.6 is 0 Å². The number of hydrogen-bond donors (Lipinski definition) is 3. The summed E-state index contributed by atoms with van der Waals surface area (Å²) in [6, 6.07) is 7.26. The quantitative estimate of drug-likeness (QED) is 0.512. The number of amides is 1. The molecule has 0 saturated heterocycles. The van der Waals surface area contributed by atoms with Gasteiger partial charge in [0, 0.05) is 12.1 Å². The Balaban J connectivity index is 2.45. The van der Waals surface area contributed by atoms with Gasteiger partial charge in [-0.1, -0.05) is 12.1 Å². The Kier molecular flexibility index (Phi) is 6.21. The van der Waals surface area contributed by atoms with Crippen LogP contribution in [0.3, 0.4) is 0 Å². The minimum absolute atomic E-state index is 0.0478. The van der Waals surface area contributed by atoms with Crippen LogP contribution in [0.15, 0.2) is 24.3 Å². The van der Waals surface area contributed by atoms with Crippen molar-refractivity contribution in [2.75, 3.05) is 20.1 Å². The number of nitrogens with one attached hydrogen (secondary N) is 2. The van der Waals surface area contributed by atoms with Gasteiger partial charge in [0.15, 0.2) is 0 Å². The predicted octanol–water partition coefficient (Wildman–Crippen LogP) is 0.820. The summed E-state index contributed by atoms with van der Waals surface area (Å²) in [5, 5.41) is 6.92. The molecular formula is C14H24N2O2Si. The minimum Gasteiger partial charge on any atom is -0.428 e. The number of hydrogen-bond acceptors (Lipinski definition) is 3. The van der Waals surface area contributed by atoms with Gasteiger partial charge in [-0.2, -0.15) is 0 Å². The lowest BCUT2D eigenvalue weighted by Crippen LogP contribution is -2.41. The van der Waals surface area contributed by atoms with Crippen molar-refractivity contribution in [3.63, 3.8) is 0 Å². The van der Waals surface area contributed by atoms with E-state index in [4.69, 9.17) is 0 Å². The van der Waals surface area contributed by atoms with Crippen LogP contribution in [0.4, 0.5) is 0 Å². The highest BCUT2D eigenvalue weighted by Gasteiger charge is 2.19. The van der Waals surface area contributed by atoms with E-state index in [1.165, 1.54) is 0 Å². The molecule has 0 aliphatic heterocycles. The van der Waals surface area contributed by atoms with Crippen molar-refractivity contribution in [2.24, 2.45) is 0 Å². The highest BCUT2D eigenvalue weighted by atomic mass is 28.4. The van der Waals surface area contributed by atoms with Gasteiger partial charge in [0.05, 0.1) is 0 Å². The van der Waals surface area contributed by atoms with Gasteiger partial charge in [0.2, 0.25) is 8.32 Å². The van der Waals surface area contributed by atoms with E-state index in [2.05, 4.69) is 10.6 Å². The molecule has 5 heteroatoms. The molecule has 1 rings (SSSR count). The van der Waals surface area contributed by atoms with Crippen molar-refractivity contribution < 1.29 is 9.59 Å². The highest BCUT2D eigenvalue weighted by molar-refractivity contribution is 6.83. The first-order valence-corrected chi connectivity index (χ1v) is 9.65. The molecule has 0 unspecified atom stereocenters. The molecule has 1 aromatic carbocycles. The van der Waals surface area contributed by atoms with Gasteiger partial charge in [0.1, 0.15) is 0 Å². The second-order valence-corrected chi connectivity index (χ2v) is 8.90. The van der Waals surface area contributed by atoms with E-state index in [-0.39, 0.29) is 5.91 Å². The van der Waals surface area contributed by atoms with E-state index in [0.717, 1.165) is 24.6 Å². The fraction of sp³-hybridized carbons (Fsp3) is 0.500. The van der Waals surface area contributed by atoms with E-state index >= 15 is 0 Å². The van der Waals surface area contributed by atoms with Gasteiger partial charge < -0.3 is 15.4 Å². The largest absolute Gasteiger partial charge is 0.428 e. The smallest absolute Gasteiger partial charge is 0.251 e. The zero-order valence-electron chi connectivity index (χ0n) is 12.0. The van der Waals surface area contributed by atoms with Crippen molar-refractivity contribution in [1.29, 1.82) is 0 Å². The van der Waals surface area contributed by atoms with Crippen LogP contribution in [0.5, 0.6) is 0 Å². The van der Waals surface area contributed by atoms with Gasteiger partial charge >= 0.3 is 0 Å². The third-order valence-electron chi connectivity index (χ3n) is 2.99. The third-order valence-corrected chi connectivity index (χ3v) is 4.74. The van der Waals surface area contributed by atoms with Crippen LogP contribution in [-0.2, 0) is 0 Å². The summed E-state index contributed by atoms with van der Waals surface area (Å²) in [5.74, 6) is -0.0478. The number of rotatable bonds is 7. The average molecular weight is 280 g/mol. The van der Waals surface area contributed by atoms with Crippen LogP contribution in [0, 0.1) is 0 Å². The van der Waals surface area contributed by atoms with E-state index in [1.54, 1.807) is 12.1 Å². The number of carbonyl (C=O) groups is 1. The van der Waals surface area contributed by atoms with Gasteiger partial charge in [-0.15, -0.1) is 0 Å². The molecule has 0 saturated carbocycles. The number of unbranched alkanes of at least 4 members (excludes halogenated alkanes) is 1. The first-order valence-electron chi connectivity index (χ1n) is 6.71. The second kappa shape index (κ2) is 7.42. The van der Waals surface area contributed by atoms with Crippen LogP contribution in [-0.4, -0.2) is 39.2 Å². The van der Waals surface area contributed by atoms with E-state index in [0.29, 0.717) is 12.1 Å². The fourth-order valence-corrected chi connectivity index (χ4v) is 2.74. The Bertz CT molecular complexity index is 399. The molecule has 0 aliphatic rings. The summed E-state index contributed by atoms with van der Waals surface area (Å²) in [5.41, 5.74) is 0.649. The SMILES string of the molecule is CNCCCCNC(=O)c1ccc([Si](C)(C)O)cc1. The maximum absolute atomic E-state index is 11.9. The maximum Gasteiger partial charge on any atom is 0.251 e. The summed E-state index contributed by atoms with van der Waals surface area (Å²) in [6.07, 6.45) is 2.03. The Labute approximate surface area is 116 Å². The first-order chi connectivity index (χ1) is 8.95. The van der Waals surface area contributed by atoms with E-state index in [9.17, 15) is 9.59 Å². The lowest BCUT2D eigenvalue weighted by atomic mass is 10.2. The van der Waals surface area contributed by atoms with Crippen LogP contribution in [0.1, 0.15) is 23.2 Å². The van der Waals surface area contributed by atoms with Crippen LogP contribution < -0.4 is 15.8 Å². The Morgan fingerprint density at radius 1 is 1.16 bits per heavy atom. The molecule has 106 valence electrons. The first kappa shape index (κ1) is 15.9. The van der Waals surface area contributed by atoms with E-state index < -0.39 is 8.32 Å². The Morgan fingerprint density at radius 2 is 1.74 bits per heavy atom. The molecule has 0 aliphatic carbocycles. The molecule has 0 atom stereocenters. The lowest BCUT2D eigenvalue weighted by Gasteiger charge is -2.14. The average Bonchev–Trinajstić information content (AvgIpc) is 2.37. The standard InChI is InChI=1S/C14H24N2O2Si/c1-15-10-4-5-11-16-14(17)12-6-8-13(9-7-12)19(2,3)18/h6-9,15,18H,4-5,10-11H2,1-3H3,(H,16,17). The Morgan fingerprint density at radius 3 is 2.26 bits per heavy atom. The zero-order valence-corrected chi connectivity index (χ0v) is 13.0. The fourth-order valence-electron chi connectivity index (χ4n) is 1.76. The number of carbonyl (C=O) groups excluding carboxylic acids is 1. The zero-order chi connectivity index (χ0) is 14.3. The van der Waals surface area contributed by atoms with Gasteiger partial charge in [0.25, 0.3) is 5.91 Å². The van der Waals surface area contributed by atoms with Crippen LogP contribution in [0.2, 0.25) is 13.1 Å². The van der Waals surface area contributed by atoms with Crippen molar-refractivity contribution in [1.82, 2.24) is 10.6 Å². The van der Waals surface area contributed by atoms with Crippen molar-refractivity contribution in [2.45, 2.75) is 25.9 Å². The molecule has 1 aromatic rings. The van der Waals surface area contributed by atoms with Gasteiger partial charge in [-0.3, -0.25) is 4.79 Å². The highest BCUT2D eigenvalue weighted by Crippen LogP contribution is 2.02. The summed E-state index contributed by atoms with van der Waals surface area (Å²) in [6.45, 7) is 5.40. The van der Waals surface area contributed by atoms with Crippen molar-refractivity contribution >= 4 is 19.4 Å². The van der Waals surface area contributed by atoms with E-state index in [1.807, 2.05) is 32.3 Å². The summed E-state index contributed by atoms with van der Waals surface area (Å²) >= 11 is 0. The van der Waals surface area contributed by atoms with Crippen molar-refractivity contribution in [3.8, 4) is 0 Å². The molecule has 4 nitrogen and oxygen atoms in total. The number of benzene rings is 1. The summed E-state index contributed by atoms with van der Waals surface area (Å²) in [7, 11) is -0.347. The van der Waals surface area contributed by atoms with Gasteiger partial charge in [-0.05, 0) is 56.8 Å². The summed E-state index contributed by atoms with van der Waals surface area (Å²) in [4.78, 5) is 21.8. The monoisotopic (exact) mass is 280 g/mol. The molecule has 0 aromatic heterocycles.